The Bertz CT molecular complexity index is 474. The van der Waals surface area contributed by atoms with E-state index in [1.807, 2.05) is 0 Å². The Hall–Kier alpha value is -0.911. The first-order chi connectivity index (χ1) is 7.43. The Morgan fingerprint density at radius 2 is 1.73 bits per heavy atom. The van der Waals surface area contributed by atoms with Crippen LogP contribution in [0.3, 0.4) is 0 Å². The molecule has 0 fully saturated rings. The average Bonchev–Trinajstić information content (AvgIpc) is 2.77. The summed E-state index contributed by atoms with van der Waals surface area (Å²) in [4.78, 5) is 0. The normalized spacial score (nSPS) is 13.9. The van der Waals surface area contributed by atoms with E-state index in [-0.39, 0.29) is 0 Å². The van der Waals surface area contributed by atoms with E-state index in [1.165, 1.54) is 24.8 Å². The second-order valence-corrected chi connectivity index (χ2v) is 6.35. The van der Waals surface area contributed by atoms with Gasteiger partial charge in [0.2, 0.25) is 0 Å². The van der Waals surface area contributed by atoms with Crippen LogP contribution in [0, 0.1) is 0 Å². The predicted molar refractivity (Wildman–Crippen MR) is 65.3 cm³/mol. The summed E-state index contributed by atoms with van der Waals surface area (Å²) in [7, 11) is 0. The van der Waals surface area contributed by atoms with Crippen molar-refractivity contribution in [1.82, 2.24) is 0 Å². The standard InChI is InChI=1S/C14H13Se/c1-2-5-11(6-3-1)14-10-9-12-7-4-8-13(12)15-14/h1-3,5-6,9-10H,4,7-8H2/q+1. The van der Waals surface area contributed by atoms with Crippen molar-refractivity contribution in [3.63, 3.8) is 0 Å². The van der Waals surface area contributed by atoms with Crippen molar-refractivity contribution >= 4 is 14.5 Å². The van der Waals surface area contributed by atoms with Crippen LogP contribution < -0.4 is 0 Å². The van der Waals surface area contributed by atoms with Gasteiger partial charge in [-0.25, -0.2) is 0 Å². The molecule has 0 saturated heterocycles. The Balaban J connectivity index is 2.07. The third-order valence-corrected chi connectivity index (χ3v) is 5.67. The maximum atomic E-state index is 2.34. The van der Waals surface area contributed by atoms with Gasteiger partial charge in [0.15, 0.2) is 0 Å². The zero-order chi connectivity index (χ0) is 10.1. The fraction of sp³-hybridized carbons (Fsp3) is 0.214. The van der Waals surface area contributed by atoms with Crippen molar-refractivity contribution in [2.45, 2.75) is 19.3 Å². The fourth-order valence-electron chi connectivity index (χ4n) is 2.13. The van der Waals surface area contributed by atoms with Gasteiger partial charge < -0.3 is 0 Å². The van der Waals surface area contributed by atoms with Gasteiger partial charge in [-0.15, -0.1) is 0 Å². The molecule has 0 saturated carbocycles. The molecule has 74 valence electrons. The van der Waals surface area contributed by atoms with Crippen LogP contribution in [0.15, 0.2) is 42.5 Å². The number of hydrogen-bond donors (Lipinski definition) is 0. The number of fused-ring (bicyclic) bond motifs is 1. The Kier molecular flexibility index (Phi) is 2.44. The second-order valence-electron chi connectivity index (χ2n) is 3.97. The third-order valence-electron chi connectivity index (χ3n) is 2.94. The summed E-state index contributed by atoms with van der Waals surface area (Å²) in [6.45, 7) is 0. The molecule has 0 bridgehead atoms. The first-order valence-electron chi connectivity index (χ1n) is 5.44. The van der Waals surface area contributed by atoms with E-state index in [4.69, 9.17) is 0 Å². The van der Waals surface area contributed by atoms with Crippen LogP contribution in [0.2, 0.25) is 0 Å². The Morgan fingerprint density at radius 3 is 2.60 bits per heavy atom. The summed E-state index contributed by atoms with van der Waals surface area (Å²) in [6, 6.07) is 15.5. The van der Waals surface area contributed by atoms with E-state index in [0.717, 1.165) is 0 Å². The first-order valence-corrected chi connectivity index (χ1v) is 7.15. The fourth-order valence-corrected chi connectivity index (χ4v) is 4.66. The van der Waals surface area contributed by atoms with Gasteiger partial charge in [-0.3, -0.25) is 0 Å². The van der Waals surface area contributed by atoms with Crippen molar-refractivity contribution < 1.29 is 0 Å². The molecule has 1 aromatic carbocycles. The van der Waals surface area contributed by atoms with Crippen molar-refractivity contribution in [3.05, 3.63) is 52.5 Å². The maximum absolute atomic E-state index is 2.34. The first kappa shape index (κ1) is 9.33. The van der Waals surface area contributed by atoms with Crippen LogP contribution in [0.25, 0.3) is 10.0 Å². The number of hydrogen-bond acceptors (Lipinski definition) is 0. The van der Waals surface area contributed by atoms with Gasteiger partial charge in [-0.2, -0.15) is 0 Å². The van der Waals surface area contributed by atoms with Gasteiger partial charge in [-0.1, -0.05) is 0 Å². The molecular formula is C14H13Se+. The van der Waals surface area contributed by atoms with Crippen LogP contribution in [-0.2, 0) is 12.8 Å². The molecule has 1 aromatic heterocycles. The SMILES string of the molecule is c1ccc(-c2ccc3c([se+]2)CCC3)cc1. The minimum atomic E-state index is 0.585. The van der Waals surface area contributed by atoms with Gasteiger partial charge in [-0.05, 0) is 0 Å². The van der Waals surface area contributed by atoms with Gasteiger partial charge in [0.1, 0.15) is 0 Å². The predicted octanol–water partition coefficient (Wildman–Crippen LogP) is 3.18. The van der Waals surface area contributed by atoms with E-state index in [0.29, 0.717) is 14.5 Å². The average molecular weight is 260 g/mol. The Morgan fingerprint density at radius 1 is 0.867 bits per heavy atom. The van der Waals surface area contributed by atoms with E-state index in [9.17, 15) is 0 Å². The topological polar surface area (TPSA) is 0 Å². The van der Waals surface area contributed by atoms with Crippen LogP contribution in [0.5, 0.6) is 0 Å². The summed E-state index contributed by atoms with van der Waals surface area (Å²) >= 11 is 0.585. The van der Waals surface area contributed by atoms with E-state index < -0.39 is 0 Å². The number of benzene rings is 1. The molecule has 0 spiro atoms. The molecule has 1 heteroatoms. The molecule has 0 nitrogen and oxygen atoms in total. The molecule has 1 aliphatic rings. The summed E-state index contributed by atoms with van der Waals surface area (Å²) in [5.41, 5.74) is 3.04. The van der Waals surface area contributed by atoms with E-state index in [1.54, 1.807) is 14.4 Å². The van der Waals surface area contributed by atoms with Crippen LogP contribution >= 0.6 is 0 Å². The van der Waals surface area contributed by atoms with Gasteiger partial charge >= 0.3 is 96.2 Å². The summed E-state index contributed by atoms with van der Waals surface area (Å²) in [5, 5.41) is 0. The van der Waals surface area contributed by atoms with Crippen molar-refractivity contribution in [1.29, 1.82) is 0 Å². The molecule has 2 aromatic rings. The van der Waals surface area contributed by atoms with Gasteiger partial charge in [0.25, 0.3) is 0 Å². The summed E-state index contributed by atoms with van der Waals surface area (Å²) < 4.78 is 3.28. The number of aryl methyl sites for hydroxylation is 2. The molecule has 1 aliphatic carbocycles. The molecule has 15 heavy (non-hydrogen) atoms. The number of rotatable bonds is 1. The molecule has 0 radical (unpaired) electrons. The second kappa shape index (κ2) is 3.92. The quantitative estimate of drug-likeness (QED) is 0.691. The molecule has 0 unspecified atom stereocenters. The van der Waals surface area contributed by atoms with Crippen LogP contribution in [-0.4, -0.2) is 14.5 Å². The van der Waals surface area contributed by atoms with Gasteiger partial charge in [0, 0.05) is 0 Å². The zero-order valence-electron chi connectivity index (χ0n) is 8.57. The van der Waals surface area contributed by atoms with E-state index in [2.05, 4.69) is 42.5 Å². The van der Waals surface area contributed by atoms with Gasteiger partial charge in [0.05, 0.1) is 0 Å². The molecule has 1 heterocycles. The van der Waals surface area contributed by atoms with Crippen molar-refractivity contribution in [2.24, 2.45) is 0 Å². The molecule has 0 amide bonds. The monoisotopic (exact) mass is 261 g/mol. The molecule has 0 N–H and O–H groups in total. The van der Waals surface area contributed by atoms with Crippen LogP contribution in [0.4, 0.5) is 0 Å². The van der Waals surface area contributed by atoms with Crippen molar-refractivity contribution in [2.75, 3.05) is 0 Å². The molecule has 0 aliphatic heterocycles. The third kappa shape index (κ3) is 1.78. The van der Waals surface area contributed by atoms with Crippen molar-refractivity contribution in [3.8, 4) is 10.0 Å². The Labute approximate surface area is 96.3 Å². The van der Waals surface area contributed by atoms with E-state index >= 15 is 0 Å². The zero-order valence-corrected chi connectivity index (χ0v) is 10.3. The molecule has 3 rings (SSSR count). The molecule has 0 atom stereocenters. The summed E-state index contributed by atoms with van der Waals surface area (Å²) in [5.74, 6) is 0. The summed E-state index contributed by atoms with van der Waals surface area (Å²) in [6.07, 6.45) is 4.03. The molecular weight excluding hydrogens is 247 g/mol. The van der Waals surface area contributed by atoms with Crippen LogP contribution in [0.1, 0.15) is 16.4 Å². The minimum absolute atomic E-state index is 0.585.